The maximum absolute atomic E-state index is 12.4. The summed E-state index contributed by atoms with van der Waals surface area (Å²) in [6, 6.07) is 16.5. The average Bonchev–Trinajstić information content (AvgIpc) is 3.19. The highest BCUT2D eigenvalue weighted by molar-refractivity contribution is 5.79. The molecule has 3 N–H and O–H groups in total. The molecule has 1 amide bonds. The van der Waals surface area contributed by atoms with E-state index in [1.54, 1.807) is 4.90 Å². The van der Waals surface area contributed by atoms with Crippen molar-refractivity contribution in [2.24, 2.45) is 5.73 Å². The molecule has 4 rings (SSSR count). The summed E-state index contributed by atoms with van der Waals surface area (Å²) in [6.07, 6.45) is 0.232. The summed E-state index contributed by atoms with van der Waals surface area (Å²) in [5.74, 6) is 0.0550. The molecule has 1 atom stereocenters. The number of benzene rings is 2. The number of carbonyl (C=O) groups excluding carboxylic acids is 1. The summed E-state index contributed by atoms with van der Waals surface area (Å²) in [7, 11) is 0. The van der Waals surface area contributed by atoms with E-state index in [9.17, 15) is 9.90 Å². The van der Waals surface area contributed by atoms with Crippen LogP contribution in [0, 0.1) is 0 Å². The van der Waals surface area contributed by atoms with E-state index in [1.165, 1.54) is 22.3 Å². The van der Waals surface area contributed by atoms with Crippen LogP contribution in [0.25, 0.3) is 11.1 Å². The minimum absolute atomic E-state index is 0.0550. The van der Waals surface area contributed by atoms with E-state index < -0.39 is 5.54 Å². The number of hydrogen-bond donors (Lipinski definition) is 2. The minimum atomic E-state index is -0.703. The van der Waals surface area contributed by atoms with E-state index in [-0.39, 0.29) is 18.6 Å². The van der Waals surface area contributed by atoms with Gasteiger partial charge in [-0.3, -0.25) is 0 Å². The fourth-order valence-electron chi connectivity index (χ4n) is 3.87. The molecule has 1 fully saturated rings. The van der Waals surface area contributed by atoms with Crippen molar-refractivity contribution in [2.45, 2.75) is 17.9 Å². The number of aliphatic hydroxyl groups is 1. The van der Waals surface area contributed by atoms with Gasteiger partial charge in [-0.2, -0.15) is 0 Å². The smallest absolute Gasteiger partial charge is 0.409 e. The second kappa shape index (κ2) is 6.17. The van der Waals surface area contributed by atoms with Crippen LogP contribution < -0.4 is 5.73 Å². The molecule has 0 unspecified atom stereocenters. The lowest BCUT2D eigenvalue weighted by Crippen LogP contribution is -2.47. The van der Waals surface area contributed by atoms with Crippen molar-refractivity contribution < 1.29 is 14.6 Å². The fourth-order valence-corrected chi connectivity index (χ4v) is 3.87. The quantitative estimate of drug-likeness (QED) is 0.901. The van der Waals surface area contributed by atoms with Gasteiger partial charge in [-0.25, -0.2) is 4.79 Å². The predicted molar refractivity (Wildman–Crippen MR) is 95.3 cm³/mol. The van der Waals surface area contributed by atoms with Gasteiger partial charge in [-0.1, -0.05) is 48.5 Å². The number of aliphatic hydroxyl groups excluding tert-OH is 1. The third-order valence-corrected chi connectivity index (χ3v) is 5.29. The van der Waals surface area contributed by atoms with Gasteiger partial charge in [0.05, 0.1) is 12.1 Å². The van der Waals surface area contributed by atoms with Gasteiger partial charge in [-0.05, 0) is 28.7 Å². The minimum Gasteiger partial charge on any atom is -0.448 e. The summed E-state index contributed by atoms with van der Waals surface area (Å²) in [5.41, 5.74) is 10.1. The molecule has 130 valence electrons. The van der Waals surface area contributed by atoms with Crippen molar-refractivity contribution in [3.63, 3.8) is 0 Å². The number of hydrogen-bond acceptors (Lipinski definition) is 4. The molecular weight excluding hydrogens is 316 g/mol. The molecule has 2 aromatic rings. The largest absolute Gasteiger partial charge is 0.448 e. The molecule has 1 aliphatic carbocycles. The first-order valence-corrected chi connectivity index (χ1v) is 8.61. The Morgan fingerprint density at radius 1 is 1.16 bits per heavy atom. The van der Waals surface area contributed by atoms with Crippen molar-refractivity contribution >= 4 is 6.09 Å². The van der Waals surface area contributed by atoms with Gasteiger partial charge in [0.25, 0.3) is 0 Å². The average molecular weight is 338 g/mol. The lowest BCUT2D eigenvalue weighted by atomic mass is 9.98. The Morgan fingerprint density at radius 2 is 1.76 bits per heavy atom. The molecule has 25 heavy (non-hydrogen) atoms. The zero-order valence-electron chi connectivity index (χ0n) is 14.0. The number of carbonyl (C=O) groups is 1. The number of ether oxygens (including phenoxy) is 1. The van der Waals surface area contributed by atoms with Gasteiger partial charge in [0.15, 0.2) is 0 Å². The summed E-state index contributed by atoms with van der Waals surface area (Å²) in [4.78, 5) is 14.0. The molecule has 0 radical (unpaired) electrons. The normalized spacial score (nSPS) is 21.9. The van der Waals surface area contributed by atoms with E-state index in [1.807, 2.05) is 24.3 Å². The van der Waals surface area contributed by atoms with E-state index in [2.05, 4.69) is 24.3 Å². The third-order valence-electron chi connectivity index (χ3n) is 5.29. The van der Waals surface area contributed by atoms with Crippen molar-refractivity contribution in [1.29, 1.82) is 0 Å². The molecule has 0 spiro atoms. The van der Waals surface area contributed by atoms with Crippen molar-refractivity contribution in [1.82, 2.24) is 4.90 Å². The van der Waals surface area contributed by atoms with Gasteiger partial charge in [0.1, 0.15) is 6.61 Å². The molecule has 2 aromatic carbocycles. The van der Waals surface area contributed by atoms with Crippen LogP contribution in [-0.2, 0) is 4.74 Å². The molecule has 2 aliphatic rings. The SMILES string of the molecule is N[C@@]1(CO)CCN(C(=O)OCC2c3ccccc3-c3ccccc32)C1. The Bertz CT molecular complexity index is 762. The first-order valence-electron chi connectivity index (χ1n) is 8.61. The molecule has 1 aliphatic heterocycles. The summed E-state index contributed by atoms with van der Waals surface area (Å²) in [6.45, 7) is 1.04. The zero-order valence-corrected chi connectivity index (χ0v) is 14.0. The highest BCUT2D eigenvalue weighted by atomic mass is 16.6. The van der Waals surface area contributed by atoms with Crippen LogP contribution in [-0.4, -0.2) is 47.9 Å². The van der Waals surface area contributed by atoms with E-state index in [4.69, 9.17) is 10.5 Å². The van der Waals surface area contributed by atoms with Crippen LogP contribution >= 0.6 is 0 Å². The Labute approximate surface area is 147 Å². The van der Waals surface area contributed by atoms with Crippen LogP contribution in [0.3, 0.4) is 0 Å². The standard InChI is InChI=1S/C20H22N2O3/c21-20(13-23)9-10-22(12-20)19(24)25-11-18-16-7-3-1-5-14(16)15-6-2-4-8-17(15)18/h1-8,18,23H,9-13,21H2/t20-/m0/s1. The molecular formula is C20H22N2O3. The fraction of sp³-hybridized carbons (Fsp3) is 0.350. The highest BCUT2D eigenvalue weighted by Gasteiger charge is 2.37. The lowest BCUT2D eigenvalue weighted by Gasteiger charge is -2.22. The molecule has 0 aromatic heterocycles. The van der Waals surface area contributed by atoms with Crippen LogP contribution in [0.4, 0.5) is 4.79 Å². The van der Waals surface area contributed by atoms with Crippen molar-refractivity contribution in [3.8, 4) is 11.1 Å². The van der Waals surface area contributed by atoms with Crippen LogP contribution in [0.5, 0.6) is 0 Å². The van der Waals surface area contributed by atoms with Crippen molar-refractivity contribution in [3.05, 3.63) is 59.7 Å². The first kappa shape index (κ1) is 16.1. The third kappa shape index (κ3) is 2.79. The Hall–Kier alpha value is -2.37. The van der Waals surface area contributed by atoms with Crippen LogP contribution in [0.15, 0.2) is 48.5 Å². The molecule has 1 saturated heterocycles. The van der Waals surface area contributed by atoms with E-state index in [0.29, 0.717) is 26.1 Å². The lowest BCUT2D eigenvalue weighted by molar-refractivity contribution is 0.103. The Kier molecular flexibility index (Phi) is 3.98. The zero-order chi connectivity index (χ0) is 17.4. The Balaban J connectivity index is 1.49. The van der Waals surface area contributed by atoms with Gasteiger partial charge in [-0.15, -0.1) is 0 Å². The predicted octanol–water partition coefficient (Wildman–Crippen LogP) is 2.33. The topological polar surface area (TPSA) is 75.8 Å². The van der Waals surface area contributed by atoms with Gasteiger partial charge in [0, 0.05) is 19.0 Å². The Morgan fingerprint density at radius 3 is 2.32 bits per heavy atom. The maximum atomic E-state index is 12.4. The number of amides is 1. The molecule has 1 heterocycles. The van der Waals surface area contributed by atoms with E-state index in [0.717, 1.165) is 0 Å². The number of likely N-dealkylation sites (tertiary alicyclic amines) is 1. The second-order valence-electron chi connectivity index (χ2n) is 7.00. The van der Waals surface area contributed by atoms with Gasteiger partial charge < -0.3 is 20.5 Å². The van der Waals surface area contributed by atoms with E-state index >= 15 is 0 Å². The summed E-state index contributed by atoms with van der Waals surface area (Å²) >= 11 is 0. The molecule has 5 heteroatoms. The molecule has 0 bridgehead atoms. The van der Waals surface area contributed by atoms with Gasteiger partial charge in [0.2, 0.25) is 0 Å². The number of nitrogens with zero attached hydrogens (tertiary/aromatic N) is 1. The summed E-state index contributed by atoms with van der Waals surface area (Å²) < 4.78 is 5.61. The first-order chi connectivity index (χ1) is 12.1. The van der Waals surface area contributed by atoms with Crippen LogP contribution in [0.1, 0.15) is 23.5 Å². The molecule has 5 nitrogen and oxygen atoms in total. The summed E-state index contributed by atoms with van der Waals surface area (Å²) in [5, 5.41) is 9.34. The van der Waals surface area contributed by atoms with Crippen LogP contribution in [0.2, 0.25) is 0 Å². The molecule has 0 saturated carbocycles. The second-order valence-corrected chi connectivity index (χ2v) is 7.00. The van der Waals surface area contributed by atoms with Crippen molar-refractivity contribution in [2.75, 3.05) is 26.3 Å². The monoisotopic (exact) mass is 338 g/mol. The maximum Gasteiger partial charge on any atom is 0.409 e. The number of rotatable bonds is 3. The number of fused-ring (bicyclic) bond motifs is 3. The number of nitrogens with two attached hydrogens (primary N) is 1. The van der Waals surface area contributed by atoms with Gasteiger partial charge >= 0.3 is 6.09 Å². The highest BCUT2D eigenvalue weighted by Crippen LogP contribution is 2.44.